The number of hydrogen-bond acceptors (Lipinski definition) is 1. The van der Waals surface area contributed by atoms with E-state index in [4.69, 9.17) is 11.6 Å². The Balaban J connectivity index is 0.000000810. The van der Waals surface area contributed by atoms with Gasteiger partial charge >= 0.3 is 0 Å². The van der Waals surface area contributed by atoms with Crippen molar-refractivity contribution in [2.24, 2.45) is 0 Å². The highest BCUT2D eigenvalue weighted by Gasteiger charge is 1.91. The maximum Gasteiger partial charge on any atom is 0.0477 e. The van der Waals surface area contributed by atoms with Crippen molar-refractivity contribution in [1.29, 1.82) is 0 Å². The van der Waals surface area contributed by atoms with Crippen molar-refractivity contribution in [3.63, 3.8) is 0 Å². The minimum Gasteiger partial charge on any atom is -0.264 e. The van der Waals surface area contributed by atoms with Crippen molar-refractivity contribution in [2.75, 3.05) is 0 Å². The van der Waals surface area contributed by atoms with Gasteiger partial charge in [-0.25, -0.2) is 0 Å². The molecule has 0 fully saturated rings. The fraction of sp³-hybridized carbons (Fsp3) is 0.286. The maximum absolute atomic E-state index is 5.60. The molecule has 0 saturated heterocycles. The second-order valence-electron chi connectivity index (χ2n) is 1.94. The summed E-state index contributed by atoms with van der Waals surface area (Å²) < 4.78 is 0. The minimum atomic E-state index is 0. The summed E-state index contributed by atoms with van der Waals surface area (Å²) in [5, 5.41) is 0. The molecule has 3 heteroatoms. The summed E-state index contributed by atoms with van der Waals surface area (Å²) in [4.78, 5) is 3.93. The smallest absolute Gasteiger partial charge is 0.0477 e. The number of halogens is 2. The summed E-state index contributed by atoms with van der Waals surface area (Å²) in [5.74, 6) is 0.578. The molecule has 0 atom stereocenters. The first-order valence-corrected chi connectivity index (χ1v) is 3.33. The third-order valence-corrected chi connectivity index (χ3v) is 1.57. The van der Waals surface area contributed by atoms with E-state index in [0.717, 1.165) is 11.1 Å². The van der Waals surface area contributed by atoms with Crippen LogP contribution in [0.25, 0.3) is 0 Å². The molecule has 1 nitrogen and oxygen atoms in total. The highest BCUT2D eigenvalue weighted by molar-refractivity contribution is 6.17. The van der Waals surface area contributed by atoms with Crippen molar-refractivity contribution in [2.45, 2.75) is 12.8 Å². The molecular weight excluding hydrogens is 169 g/mol. The van der Waals surface area contributed by atoms with Crippen LogP contribution in [0, 0.1) is 6.92 Å². The van der Waals surface area contributed by atoms with Crippen molar-refractivity contribution >= 4 is 24.0 Å². The van der Waals surface area contributed by atoms with Crippen LogP contribution in [0.3, 0.4) is 0 Å². The molecule has 1 heterocycles. The molecule has 0 aliphatic rings. The second-order valence-corrected chi connectivity index (χ2v) is 2.20. The zero-order valence-electron chi connectivity index (χ0n) is 5.67. The van der Waals surface area contributed by atoms with Gasteiger partial charge in [0, 0.05) is 18.3 Å². The number of aryl methyl sites for hydroxylation is 1. The van der Waals surface area contributed by atoms with Crippen LogP contribution in [0.5, 0.6) is 0 Å². The number of rotatable bonds is 1. The van der Waals surface area contributed by atoms with Crippen LogP contribution in [0.4, 0.5) is 0 Å². The molecule has 0 saturated carbocycles. The highest BCUT2D eigenvalue weighted by Crippen LogP contribution is 2.06. The van der Waals surface area contributed by atoms with Crippen LogP contribution in [0.15, 0.2) is 18.5 Å². The van der Waals surface area contributed by atoms with Gasteiger partial charge in [-0.05, 0) is 24.1 Å². The third kappa shape index (κ3) is 2.16. The van der Waals surface area contributed by atoms with Crippen molar-refractivity contribution in [1.82, 2.24) is 4.98 Å². The Hall–Kier alpha value is -0.270. The van der Waals surface area contributed by atoms with Gasteiger partial charge in [0.2, 0.25) is 0 Å². The van der Waals surface area contributed by atoms with Gasteiger partial charge in [0.15, 0.2) is 0 Å². The predicted molar refractivity (Wildman–Crippen MR) is 45.8 cm³/mol. The number of alkyl halides is 1. The molecule has 0 unspecified atom stereocenters. The molecule has 0 aromatic carbocycles. The van der Waals surface area contributed by atoms with Crippen molar-refractivity contribution < 1.29 is 0 Å². The quantitative estimate of drug-likeness (QED) is 0.602. The van der Waals surface area contributed by atoms with Crippen LogP contribution >= 0.6 is 24.0 Å². The fourth-order valence-corrected chi connectivity index (χ4v) is 0.952. The van der Waals surface area contributed by atoms with E-state index in [1.54, 1.807) is 6.20 Å². The lowest BCUT2D eigenvalue weighted by molar-refractivity contribution is 1.20. The normalized spacial score (nSPS) is 8.60. The Labute approximate surface area is 71.8 Å². The number of pyridine rings is 1. The van der Waals surface area contributed by atoms with Crippen molar-refractivity contribution in [3.8, 4) is 0 Å². The van der Waals surface area contributed by atoms with Gasteiger partial charge < -0.3 is 0 Å². The Bertz CT molecular complexity index is 201. The van der Waals surface area contributed by atoms with Crippen LogP contribution in [-0.2, 0) is 5.88 Å². The zero-order valence-corrected chi connectivity index (χ0v) is 7.25. The molecule has 10 heavy (non-hydrogen) atoms. The van der Waals surface area contributed by atoms with Gasteiger partial charge in [0.05, 0.1) is 0 Å². The Morgan fingerprint density at radius 2 is 2.30 bits per heavy atom. The molecular formula is C7H9Cl2N. The van der Waals surface area contributed by atoms with Crippen LogP contribution in [0.2, 0.25) is 0 Å². The molecule has 0 bridgehead atoms. The number of aromatic nitrogens is 1. The average Bonchev–Trinajstić information content (AvgIpc) is 1.89. The Morgan fingerprint density at radius 1 is 1.60 bits per heavy atom. The SMILES string of the molecule is Cc1cnccc1CCl.Cl. The first-order chi connectivity index (χ1) is 4.34. The summed E-state index contributed by atoms with van der Waals surface area (Å²) in [6, 6.07) is 1.93. The lowest BCUT2D eigenvalue weighted by atomic mass is 10.2. The largest absolute Gasteiger partial charge is 0.264 e. The second kappa shape index (κ2) is 4.53. The van der Waals surface area contributed by atoms with Crippen molar-refractivity contribution in [3.05, 3.63) is 29.6 Å². The molecule has 1 aromatic rings. The highest BCUT2D eigenvalue weighted by atomic mass is 35.5. The standard InChI is InChI=1S/C7H8ClN.ClH/c1-6-5-9-3-2-7(6)4-8;/h2-3,5H,4H2,1H3;1H. The Kier molecular flexibility index (Phi) is 4.41. The molecule has 0 aliphatic carbocycles. The molecule has 0 N–H and O–H groups in total. The summed E-state index contributed by atoms with van der Waals surface area (Å²) in [6.07, 6.45) is 3.57. The lowest BCUT2D eigenvalue weighted by Gasteiger charge is -1.96. The van der Waals surface area contributed by atoms with E-state index in [-0.39, 0.29) is 12.4 Å². The van der Waals surface area contributed by atoms with Gasteiger partial charge in [0.1, 0.15) is 0 Å². The molecule has 1 aromatic heterocycles. The fourth-order valence-electron chi connectivity index (χ4n) is 0.652. The average molecular weight is 178 g/mol. The van der Waals surface area contributed by atoms with E-state index in [1.165, 1.54) is 0 Å². The Morgan fingerprint density at radius 3 is 2.70 bits per heavy atom. The first kappa shape index (κ1) is 9.73. The number of nitrogens with zero attached hydrogens (tertiary/aromatic N) is 1. The van der Waals surface area contributed by atoms with Gasteiger partial charge in [-0.3, -0.25) is 4.98 Å². The number of hydrogen-bond donors (Lipinski definition) is 0. The maximum atomic E-state index is 5.60. The summed E-state index contributed by atoms with van der Waals surface area (Å²) >= 11 is 5.60. The molecule has 0 radical (unpaired) electrons. The molecule has 0 spiro atoms. The zero-order chi connectivity index (χ0) is 6.69. The van der Waals surface area contributed by atoms with Crippen LogP contribution in [-0.4, -0.2) is 4.98 Å². The van der Waals surface area contributed by atoms with E-state index < -0.39 is 0 Å². The molecule has 0 amide bonds. The molecule has 0 aliphatic heterocycles. The summed E-state index contributed by atoms with van der Waals surface area (Å²) in [7, 11) is 0. The summed E-state index contributed by atoms with van der Waals surface area (Å²) in [6.45, 7) is 2.00. The topological polar surface area (TPSA) is 12.9 Å². The van der Waals surface area contributed by atoms with E-state index in [1.807, 2.05) is 19.2 Å². The summed E-state index contributed by atoms with van der Waals surface area (Å²) in [5.41, 5.74) is 2.32. The van der Waals surface area contributed by atoms with Gasteiger partial charge in [-0.15, -0.1) is 24.0 Å². The third-order valence-electron chi connectivity index (χ3n) is 1.28. The minimum absolute atomic E-state index is 0. The lowest BCUT2D eigenvalue weighted by Crippen LogP contribution is -1.83. The van der Waals surface area contributed by atoms with Gasteiger partial charge in [0.25, 0.3) is 0 Å². The van der Waals surface area contributed by atoms with E-state index in [0.29, 0.717) is 5.88 Å². The van der Waals surface area contributed by atoms with Crippen LogP contribution in [0.1, 0.15) is 11.1 Å². The van der Waals surface area contributed by atoms with Gasteiger partial charge in [-0.2, -0.15) is 0 Å². The first-order valence-electron chi connectivity index (χ1n) is 2.80. The van der Waals surface area contributed by atoms with E-state index >= 15 is 0 Å². The van der Waals surface area contributed by atoms with Gasteiger partial charge in [-0.1, -0.05) is 0 Å². The van der Waals surface area contributed by atoms with E-state index in [9.17, 15) is 0 Å². The predicted octanol–water partition coefficient (Wildman–Crippen LogP) is 2.55. The van der Waals surface area contributed by atoms with Crippen LogP contribution < -0.4 is 0 Å². The monoisotopic (exact) mass is 177 g/mol. The molecule has 1 rings (SSSR count). The van der Waals surface area contributed by atoms with E-state index in [2.05, 4.69) is 4.98 Å². The molecule has 56 valence electrons.